The van der Waals surface area contributed by atoms with Crippen molar-refractivity contribution in [2.45, 2.75) is 52.0 Å². The number of halogens is 1. The van der Waals surface area contributed by atoms with Crippen LogP contribution < -0.4 is 9.47 Å². The third kappa shape index (κ3) is 4.20. The Bertz CT molecular complexity index is 790. The lowest BCUT2D eigenvalue weighted by Gasteiger charge is -2.30. The summed E-state index contributed by atoms with van der Waals surface area (Å²) in [4.78, 5) is 16.8. The van der Waals surface area contributed by atoms with Crippen molar-refractivity contribution in [1.82, 2.24) is 9.80 Å². The summed E-state index contributed by atoms with van der Waals surface area (Å²) in [6, 6.07) is 4.00. The van der Waals surface area contributed by atoms with E-state index < -0.39 is 0 Å². The van der Waals surface area contributed by atoms with E-state index in [1.54, 1.807) is 0 Å². The Labute approximate surface area is 180 Å². The molecule has 1 amide bonds. The van der Waals surface area contributed by atoms with E-state index in [1.807, 2.05) is 48.9 Å². The number of ether oxygens (including phenoxy) is 2. The Balaban J connectivity index is 1.94. The first-order valence-electron chi connectivity index (χ1n) is 9.90. The fourth-order valence-electron chi connectivity index (χ4n) is 3.78. The first kappa shape index (κ1) is 21.1. The van der Waals surface area contributed by atoms with E-state index in [9.17, 15) is 4.79 Å². The minimum absolute atomic E-state index is 0.0156. The van der Waals surface area contributed by atoms with Gasteiger partial charge in [0, 0.05) is 17.6 Å². The topological polar surface area (TPSA) is 42.0 Å². The molecule has 7 heteroatoms. The molecule has 0 spiro atoms. The summed E-state index contributed by atoms with van der Waals surface area (Å²) in [5.74, 6) is 1.33. The molecule has 1 aliphatic heterocycles. The van der Waals surface area contributed by atoms with Gasteiger partial charge in [0.2, 0.25) is 0 Å². The molecule has 1 saturated heterocycles. The number of hydrogen-bond donors (Lipinski definition) is 0. The highest BCUT2D eigenvalue weighted by atomic mass is 79.9. The number of amides is 1. The van der Waals surface area contributed by atoms with Crippen molar-refractivity contribution >= 4 is 45.2 Å². The summed E-state index contributed by atoms with van der Waals surface area (Å²) in [7, 11) is 1.86. The molecule has 0 N–H and O–H groups in total. The van der Waals surface area contributed by atoms with Crippen molar-refractivity contribution < 1.29 is 14.3 Å². The van der Waals surface area contributed by atoms with Gasteiger partial charge in [-0.25, -0.2) is 0 Å². The van der Waals surface area contributed by atoms with E-state index in [0.29, 0.717) is 35.5 Å². The zero-order chi connectivity index (χ0) is 20.3. The van der Waals surface area contributed by atoms with Gasteiger partial charge >= 0.3 is 0 Å². The van der Waals surface area contributed by atoms with Crippen LogP contribution in [0.5, 0.6) is 11.5 Å². The molecule has 1 heterocycles. The van der Waals surface area contributed by atoms with Crippen molar-refractivity contribution in [3.05, 3.63) is 27.9 Å². The summed E-state index contributed by atoms with van der Waals surface area (Å²) in [6.07, 6.45) is 7.47. The number of likely N-dealkylation sites (N-methyl/N-ethyl adjacent to an activating group) is 1. The number of thiocarbonyl (C=S) groups is 1. The van der Waals surface area contributed by atoms with Crippen molar-refractivity contribution in [2.24, 2.45) is 0 Å². The van der Waals surface area contributed by atoms with Crippen LogP contribution in [0.4, 0.5) is 0 Å². The molecule has 1 aromatic carbocycles. The van der Waals surface area contributed by atoms with Crippen molar-refractivity contribution in [3.63, 3.8) is 0 Å². The predicted octanol–water partition coefficient (Wildman–Crippen LogP) is 4.98. The van der Waals surface area contributed by atoms with E-state index >= 15 is 0 Å². The summed E-state index contributed by atoms with van der Waals surface area (Å²) in [5.41, 5.74) is 1.44. The summed E-state index contributed by atoms with van der Waals surface area (Å²) in [5, 5.41) is 0.593. The number of rotatable bonds is 6. The molecule has 2 aliphatic rings. The van der Waals surface area contributed by atoms with Crippen LogP contribution in [0.25, 0.3) is 6.08 Å². The normalized spacial score (nSPS) is 19.6. The van der Waals surface area contributed by atoms with Gasteiger partial charge < -0.3 is 14.4 Å². The molecule has 0 atom stereocenters. The molecule has 3 rings (SSSR count). The van der Waals surface area contributed by atoms with Crippen LogP contribution in [-0.4, -0.2) is 47.1 Å². The van der Waals surface area contributed by atoms with Gasteiger partial charge in [-0.3, -0.25) is 9.69 Å². The van der Waals surface area contributed by atoms with Crippen LogP contribution >= 0.6 is 28.1 Å². The van der Waals surface area contributed by atoms with Gasteiger partial charge in [0.15, 0.2) is 16.6 Å². The Morgan fingerprint density at radius 3 is 2.36 bits per heavy atom. The van der Waals surface area contributed by atoms with Crippen LogP contribution in [-0.2, 0) is 4.79 Å². The molecule has 1 aliphatic carbocycles. The minimum Gasteiger partial charge on any atom is -0.490 e. The third-order valence-electron chi connectivity index (χ3n) is 5.19. The minimum atomic E-state index is -0.0156. The molecule has 0 radical (unpaired) electrons. The Hall–Kier alpha value is -1.60. The number of benzene rings is 1. The zero-order valence-electron chi connectivity index (χ0n) is 16.7. The molecule has 28 heavy (non-hydrogen) atoms. The Kier molecular flexibility index (Phi) is 6.99. The highest BCUT2D eigenvalue weighted by molar-refractivity contribution is 9.10. The highest BCUT2D eigenvalue weighted by Gasteiger charge is 2.40. The fourth-order valence-corrected chi connectivity index (χ4v) is 4.55. The van der Waals surface area contributed by atoms with Crippen molar-refractivity contribution in [2.75, 3.05) is 20.3 Å². The van der Waals surface area contributed by atoms with Gasteiger partial charge in [0.1, 0.15) is 5.70 Å². The van der Waals surface area contributed by atoms with E-state index in [0.717, 1.165) is 35.7 Å². The van der Waals surface area contributed by atoms with Gasteiger partial charge in [-0.2, -0.15) is 0 Å². The molecule has 152 valence electrons. The largest absolute Gasteiger partial charge is 0.490 e. The lowest BCUT2D eigenvalue weighted by atomic mass is 9.94. The molecule has 0 bridgehead atoms. The third-order valence-corrected chi connectivity index (χ3v) is 6.34. The SMILES string of the molecule is CCOc1cc(Br)c(/C=C2/C(=O)N(C3CCCCC3)C(=S)N2C)cc1OCC. The van der Waals surface area contributed by atoms with Crippen LogP contribution in [0, 0.1) is 0 Å². The molecule has 0 aromatic heterocycles. The van der Waals surface area contributed by atoms with Gasteiger partial charge in [0.05, 0.1) is 13.2 Å². The highest BCUT2D eigenvalue weighted by Crippen LogP contribution is 2.36. The second-order valence-corrected chi connectivity index (χ2v) is 8.24. The fraction of sp³-hybridized carbons (Fsp3) is 0.524. The predicted molar refractivity (Wildman–Crippen MR) is 119 cm³/mol. The van der Waals surface area contributed by atoms with Crippen molar-refractivity contribution in [3.8, 4) is 11.5 Å². The van der Waals surface area contributed by atoms with E-state index in [-0.39, 0.29) is 11.9 Å². The second kappa shape index (κ2) is 9.27. The molecule has 5 nitrogen and oxygen atoms in total. The van der Waals surface area contributed by atoms with Crippen LogP contribution in [0.3, 0.4) is 0 Å². The maximum absolute atomic E-state index is 13.2. The molecule has 1 aromatic rings. The lowest BCUT2D eigenvalue weighted by molar-refractivity contribution is -0.124. The Morgan fingerprint density at radius 2 is 1.75 bits per heavy atom. The maximum Gasteiger partial charge on any atom is 0.277 e. The van der Waals surface area contributed by atoms with Gasteiger partial charge in [-0.05, 0) is 62.7 Å². The number of nitrogens with zero attached hydrogens (tertiary/aromatic N) is 2. The van der Waals surface area contributed by atoms with E-state index in [4.69, 9.17) is 21.7 Å². The quantitative estimate of drug-likeness (QED) is 0.436. The van der Waals surface area contributed by atoms with Crippen LogP contribution in [0.1, 0.15) is 51.5 Å². The van der Waals surface area contributed by atoms with Gasteiger partial charge in [-0.15, -0.1) is 0 Å². The van der Waals surface area contributed by atoms with Gasteiger partial charge in [-0.1, -0.05) is 35.2 Å². The number of carbonyl (C=O) groups excluding carboxylic acids is 1. The first-order valence-corrected chi connectivity index (χ1v) is 11.1. The molecule has 0 unspecified atom stereocenters. The second-order valence-electron chi connectivity index (χ2n) is 7.02. The number of carbonyl (C=O) groups is 1. The average Bonchev–Trinajstić information content (AvgIpc) is 2.89. The summed E-state index contributed by atoms with van der Waals surface area (Å²) in [6.45, 7) is 4.96. The van der Waals surface area contributed by atoms with E-state index in [2.05, 4.69) is 15.9 Å². The van der Waals surface area contributed by atoms with Gasteiger partial charge in [0.25, 0.3) is 5.91 Å². The Morgan fingerprint density at radius 1 is 1.14 bits per heavy atom. The summed E-state index contributed by atoms with van der Waals surface area (Å²) < 4.78 is 12.2. The first-order chi connectivity index (χ1) is 13.5. The van der Waals surface area contributed by atoms with Crippen molar-refractivity contribution in [1.29, 1.82) is 0 Å². The maximum atomic E-state index is 13.2. The molecular weight excluding hydrogens is 440 g/mol. The zero-order valence-corrected chi connectivity index (χ0v) is 19.1. The number of hydrogen-bond acceptors (Lipinski definition) is 4. The smallest absolute Gasteiger partial charge is 0.277 e. The van der Waals surface area contributed by atoms with E-state index in [1.165, 1.54) is 6.42 Å². The van der Waals surface area contributed by atoms with Crippen LogP contribution in [0.2, 0.25) is 0 Å². The molecule has 2 fully saturated rings. The van der Waals surface area contributed by atoms with Crippen LogP contribution in [0.15, 0.2) is 22.3 Å². The standard InChI is InChI=1S/C21H27BrN2O3S/c1-4-26-18-12-14(16(22)13-19(18)27-5-2)11-17-20(25)24(21(28)23(17)3)15-9-7-6-8-10-15/h11-13,15H,4-10H2,1-3H3/b17-11-. The summed E-state index contributed by atoms with van der Waals surface area (Å²) >= 11 is 9.20. The molecule has 1 saturated carbocycles. The average molecular weight is 467 g/mol. The lowest BCUT2D eigenvalue weighted by Crippen LogP contribution is -2.41. The molecular formula is C21H27BrN2O3S. The monoisotopic (exact) mass is 466 g/mol.